The second-order valence-electron chi connectivity index (χ2n) is 4.80. The van der Waals surface area contributed by atoms with E-state index in [0.29, 0.717) is 11.5 Å². The molecule has 0 radical (unpaired) electrons. The van der Waals surface area contributed by atoms with Crippen molar-refractivity contribution in [2.45, 2.75) is 0 Å². The SMILES string of the molecule is [Pt+2].[c-]1c(Oc2[c-]c(-n3cccn3)ccc2)cccc1-n1cccn1. The Kier molecular flexibility index (Phi) is 4.92. The molecule has 120 valence electrons. The van der Waals surface area contributed by atoms with E-state index >= 15 is 0 Å². The molecular weight excluding hydrogens is 483 g/mol. The van der Waals surface area contributed by atoms with Crippen molar-refractivity contribution in [2.24, 2.45) is 0 Å². The fraction of sp³-hybridized carbons (Fsp3) is 0. The first kappa shape index (κ1) is 16.2. The molecule has 0 aliphatic heterocycles. The van der Waals surface area contributed by atoms with Crippen molar-refractivity contribution in [1.29, 1.82) is 0 Å². The largest absolute Gasteiger partial charge is 2.00 e. The molecule has 2 heterocycles. The van der Waals surface area contributed by atoms with Crippen LogP contribution in [0.2, 0.25) is 0 Å². The quantitative estimate of drug-likeness (QED) is 0.408. The average Bonchev–Trinajstić information content (AvgIpc) is 3.29. The number of hydrogen-bond donors (Lipinski definition) is 0. The van der Waals surface area contributed by atoms with Crippen molar-refractivity contribution in [3.63, 3.8) is 0 Å². The number of benzene rings is 2. The first-order valence-electron chi connectivity index (χ1n) is 7.11. The van der Waals surface area contributed by atoms with Gasteiger partial charge in [-0.2, -0.15) is 22.3 Å². The molecule has 4 aromatic rings. The maximum Gasteiger partial charge on any atom is 2.00 e. The minimum Gasteiger partial charge on any atom is -0.509 e. The molecule has 0 saturated heterocycles. The molecule has 0 aliphatic rings. The Morgan fingerprint density at radius 3 is 1.62 bits per heavy atom. The molecule has 24 heavy (non-hydrogen) atoms. The summed E-state index contributed by atoms with van der Waals surface area (Å²) in [4.78, 5) is 0. The van der Waals surface area contributed by atoms with Crippen LogP contribution >= 0.6 is 0 Å². The summed E-state index contributed by atoms with van der Waals surface area (Å²) < 4.78 is 9.33. The molecule has 0 bridgehead atoms. The second-order valence-corrected chi connectivity index (χ2v) is 4.80. The van der Waals surface area contributed by atoms with Crippen LogP contribution < -0.4 is 4.74 Å². The van der Waals surface area contributed by atoms with Crippen LogP contribution in [0, 0.1) is 12.1 Å². The van der Waals surface area contributed by atoms with Crippen LogP contribution in [-0.4, -0.2) is 19.6 Å². The third-order valence-corrected chi connectivity index (χ3v) is 3.23. The first-order valence-corrected chi connectivity index (χ1v) is 7.11. The smallest absolute Gasteiger partial charge is 0.509 e. The van der Waals surface area contributed by atoms with E-state index in [1.165, 1.54) is 0 Å². The van der Waals surface area contributed by atoms with Gasteiger partial charge in [0.05, 0.1) is 0 Å². The zero-order valence-corrected chi connectivity index (χ0v) is 14.7. The minimum absolute atomic E-state index is 0. The molecular formula is C18H12N4OPt. The van der Waals surface area contributed by atoms with Gasteiger partial charge in [0.15, 0.2) is 0 Å². The van der Waals surface area contributed by atoms with E-state index < -0.39 is 0 Å². The van der Waals surface area contributed by atoms with Gasteiger partial charge in [0.2, 0.25) is 0 Å². The summed E-state index contributed by atoms with van der Waals surface area (Å²) in [5.74, 6) is 1.21. The predicted octanol–water partition coefficient (Wildman–Crippen LogP) is 3.45. The fourth-order valence-electron chi connectivity index (χ4n) is 2.20. The Morgan fingerprint density at radius 2 is 1.21 bits per heavy atom. The summed E-state index contributed by atoms with van der Waals surface area (Å²) in [6.45, 7) is 0. The van der Waals surface area contributed by atoms with E-state index in [1.54, 1.807) is 21.8 Å². The molecule has 0 N–H and O–H groups in total. The number of hydrogen-bond acceptors (Lipinski definition) is 3. The Morgan fingerprint density at radius 1 is 0.708 bits per heavy atom. The molecule has 0 unspecified atom stereocenters. The van der Waals surface area contributed by atoms with Crippen LogP contribution in [0.3, 0.4) is 0 Å². The van der Waals surface area contributed by atoms with Crippen LogP contribution in [-0.2, 0) is 21.1 Å². The normalized spacial score (nSPS) is 10.2. The number of nitrogens with zero attached hydrogens (tertiary/aromatic N) is 4. The van der Waals surface area contributed by atoms with Crippen molar-refractivity contribution in [1.82, 2.24) is 19.6 Å². The second kappa shape index (κ2) is 7.28. The van der Waals surface area contributed by atoms with Gasteiger partial charge >= 0.3 is 21.1 Å². The zero-order valence-electron chi connectivity index (χ0n) is 12.4. The number of rotatable bonds is 4. The van der Waals surface area contributed by atoms with E-state index in [2.05, 4.69) is 22.3 Å². The van der Waals surface area contributed by atoms with E-state index in [1.807, 2.05) is 60.9 Å². The van der Waals surface area contributed by atoms with E-state index in [4.69, 9.17) is 4.74 Å². The molecule has 0 atom stereocenters. The molecule has 0 saturated carbocycles. The molecule has 0 aliphatic carbocycles. The van der Waals surface area contributed by atoms with Gasteiger partial charge < -0.3 is 4.74 Å². The van der Waals surface area contributed by atoms with Crippen LogP contribution in [0.5, 0.6) is 11.5 Å². The van der Waals surface area contributed by atoms with Crippen molar-refractivity contribution in [2.75, 3.05) is 0 Å². The van der Waals surface area contributed by atoms with Crippen molar-refractivity contribution < 1.29 is 25.8 Å². The summed E-state index contributed by atoms with van der Waals surface area (Å²) in [7, 11) is 0. The summed E-state index contributed by atoms with van der Waals surface area (Å²) in [6.07, 6.45) is 7.17. The van der Waals surface area contributed by atoms with Crippen LogP contribution in [0.15, 0.2) is 73.3 Å². The standard InChI is InChI=1S/C18H12N4O.Pt/c1-5-15(21-11-3-9-19-21)13-17(7-1)23-18-8-2-6-16(14-18)22-12-4-10-20-22;/h1-12H;/q-2;+2. The summed E-state index contributed by atoms with van der Waals surface area (Å²) in [6, 6.07) is 21.4. The van der Waals surface area contributed by atoms with E-state index in [9.17, 15) is 0 Å². The van der Waals surface area contributed by atoms with Crippen LogP contribution in [0.25, 0.3) is 11.4 Å². The summed E-state index contributed by atoms with van der Waals surface area (Å²) in [5, 5.41) is 8.39. The fourth-order valence-corrected chi connectivity index (χ4v) is 2.20. The molecule has 0 spiro atoms. The average molecular weight is 495 g/mol. The molecule has 2 aromatic carbocycles. The molecule has 5 nitrogen and oxygen atoms in total. The first-order chi connectivity index (χ1) is 11.4. The van der Waals surface area contributed by atoms with Crippen LogP contribution in [0.1, 0.15) is 0 Å². The number of ether oxygens (including phenoxy) is 1. The van der Waals surface area contributed by atoms with Gasteiger partial charge in [0.25, 0.3) is 0 Å². The Balaban J connectivity index is 0.00000169. The van der Waals surface area contributed by atoms with Gasteiger partial charge in [-0.3, -0.25) is 9.36 Å². The molecule has 0 fully saturated rings. The van der Waals surface area contributed by atoms with Gasteiger partial charge in [-0.25, -0.2) is 0 Å². The van der Waals surface area contributed by atoms with Gasteiger partial charge in [0.1, 0.15) is 0 Å². The monoisotopic (exact) mass is 495 g/mol. The Bertz CT molecular complexity index is 829. The maximum atomic E-state index is 5.86. The van der Waals surface area contributed by atoms with Crippen molar-refractivity contribution in [3.8, 4) is 22.9 Å². The van der Waals surface area contributed by atoms with Gasteiger partial charge in [-0.05, 0) is 23.5 Å². The zero-order chi connectivity index (χ0) is 15.5. The van der Waals surface area contributed by atoms with E-state index in [-0.39, 0.29) is 21.1 Å². The summed E-state index contributed by atoms with van der Waals surface area (Å²) >= 11 is 0. The Hall–Kier alpha value is -2.65. The molecule has 2 aromatic heterocycles. The molecule has 0 amide bonds. The van der Waals surface area contributed by atoms with Crippen molar-refractivity contribution in [3.05, 3.63) is 85.5 Å². The van der Waals surface area contributed by atoms with E-state index in [0.717, 1.165) is 11.4 Å². The topological polar surface area (TPSA) is 44.9 Å². The maximum absolute atomic E-state index is 5.86. The van der Waals surface area contributed by atoms with Gasteiger partial charge in [0, 0.05) is 36.3 Å². The minimum atomic E-state index is 0. The molecule has 4 rings (SSSR count). The van der Waals surface area contributed by atoms with Crippen molar-refractivity contribution >= 4 is 0 Å². The predicted molar refractivity (Wildman–Crippen MR) is 84.9 cm³/mol. The van der Waals surface area contributed by atoms with Gasteiger partial charge in [-0.1, -0.05) is 0 Å². The third-order valence-electron chi connectivity index (χ3n) is 3.23. The third kappa shape index (κ3) is 3.47. The van der Waals surface area contributed by atoms with Crippen LogP contribution in [0.4, 0.5) is 0 Å². The molecule has 6 heteroatoms. The Labute approximate surface area is 153 Å². The van der Waals surface area contributed by atoms with Gasteiger partial charge in [-0.15, -0.1) is 36.4 Å². The summed E-state index contributed by atoms with van der Waals surface area (Å²) in [5.41, 5.74) is 1.63. The number of aromatic nitrogens is 4.